The van der Waals surface area contributed by atoms with Crippen LogP contribution in [0.5, 0.6) is 0 Å². The van der Waals surface area contributed by atoms with Crippen LogP contribution < -0.4 is 0 Å². The van der Waals surface area contributed by atoms with Crippen molar-refractivity contribution in [2.45, 2.75) is 64.6 Å². The third-order valence-electron chi connectivity index (χ3n) is 3.82. The van der Waals surface area contributed by atoms with Crippen molar-refractivity contribution in [2.75, 3.05) is 7.05 Å². The Balaban J connectivity index is 2.53. The third-order valence-corrected chi connectivity index (χ3v) is 3.82. The van der Waals surface area contributed by atoms with E-state index in [1.54, 1.807) is 0 Å². The molecule has 1 rings (SSSR count). The average Bonchev–Trinajstić information content (AvgIpc) is 2.16. The highest BCUT2D eigenvalue weighted by molar-refractivity contribution is 4.84. The Bertz CT molecular complexity index is 170. The summed E-state index contributed by atoms with van der Waals surface area (Å²) in [6.07, 6.45) is 4.52. The zero-order chi connectivity index (χ0) is 10.7. The molecule has 1 N–H and O–H groups in total. The highest BCUT2D eigenvalue weighted by Crippen LogP contribution is 2.25. The Hall–Kier alpha value is -0.0800. The molecule has 1 aliphatic carbocycles. The fourth-order valence-corrected chi connectivity index (χ4v) is 2.34. The van der Waals surface area contributed by atoms with Gasteiger partial charge < -0.3 is 5.11 Å². The molecule has 1 saturated carbocycles. The van der Waals surface area contributed by atoms with Gasteiger partial charge in [-0.15, -0.1) is 0 Å². The van der Waals surface area contributed by atoms with Crippen LogP contribution in [0.2, 0.25) is 0 Å². The summed E-state index contributed by atoms with van der Waals surface area (Å²) in [6, 6.07) is 0.953. The molecule has 1 fully saturated rings. The topological polar surface area (TPSA) is 23.5 Å². The molecule has 0 aromatic rings. The van der Waals surface area contributed by atoms with Crippen molar-refractivity contribution in [2.24, 2.45) is 5.92 Å². The second kappa shape index (κ2) is 5.13. The predicted octanol–water partition coefficient (Wildman–Crippen LogP) is 2.27. The van der Waals surface area contributed by atoms with E-state index >= 15 is 0 Å². The number of nitrogens with zero attached hydrogens (tertiary/aromatic N) is 1. The molecule has 0 amide bonds. The van der Waals surface area contributed by atoms with Gasteiger partial charge in [-0.3, -0.25) is 4.90 Å². The monoisotopic (exact) mass is 199 g/mol. The van der Waals surface area contributed by atoms with Gasteiger partial charge in [0.15, 0.2) is 0 Å². The van der Waals surface area contributed by atoms with Gasteiger partial charge in [-0.25, -0.2) is 0 Å². The fraction of sp³-hybridized carbons (Fsp3) is 1.00. The fourth-order valence-electron chi connectivity index (χ4n) is 2.34. The normalized spacial score (nSPS) is 31.1. The summed E-state index contributed by atoms with van der Waals surface area (Å²) in [7, 11) is 2.16. The minimum absolute atomic E-state index is 0.102. The third kappa shape index (κ3) is 2.71. The van der Waals surface area contributed by atoms with Crippen molar-refractivity contribution in [3.63, 3.8) is 0 Å². The molecule has 0 heterocycles. The van der Waals surface area contributed by atoms with Gasteiger partial charge >= 0.3 is 0 Å². The summed E-state index contributed by atoms with van der Waals surface area (Å²) in [5.41, 5.74) is 0. The van der Waals surface area contributed by atoms with Gasteiger partial charge in [-0.2, -0.15) is 0 Å². The lowest BCUT2D eigenvalue weighted by molar-refractivity contribution is 0.00724. The molecule has 0 aromatic heterocycles. The van der Waals surface area contributed by atoms with Crippen LogP contribution in [0.25, 0.3) is 0 Å². The van der Waals surface area contributed by atoms with E-state index in [1.807, 2.05) is 0 Å². The number of aliphatic hydroxyl groups is 1. The maximum Gasteiger partial charge on any atom is 0.0695 e. The second-order valence-electron chi connectivity index (χ2n) is 5.07. The van der Waals surface area contributed by atoms with E-state index < -0.39 is 0 Å². The summed E-state index contributed by atoms with van der Waals surface area (Å²) >= 11 is 0. The first-order valence-electron chi connectivity index (χ1n) is 5.94. The molecule has 0 bridgehead atoms. The lowest BCUT2D eigenvalue weighted by Gasteiger charge is -2.40. The summed E-state index contributed by atoms with van der Waals surface area (Å²) in [4.78, 5) is 2.37. The number of hydrogen-bond donors (Lipinski definition) is 1. The molecular weight excluding hydrogens is 174 g/mol. The molecule has 1 aliphatic rings. The Morgan fingerprint density at radius 3 is 2.21 bits per heavy atom. The Morgan fingerprint density at radius 2 is 1.71 bits per heavy atom. The van der Waals surface area contributed by atoms with Gasteiger partial charge in [0.05, 0.1) is 6.10 Å². The van der Waals surface area contributed by atoms with E-state index in [1.165, 1.54) is 12.8 Å². The number of hydrogen-bond acceptors (Lipinski definition) is 2. The second-order valence-corrected chi connectivity index (χ2v) is 5.07. The zero-order valence-corrected chi connectivity index (χ0v) is 10.0. The molecule has 0 spiro atoms. The molecule has 0 aliphatic heterocycles. The largest absolute Gasteiger partial charge is 0.391 e. The molecule has 0 saturated heterocycles. The first kappa shape index (κ1) is 12.0. The molecule has 3 atom stereocenters. The van der Waals surface area contributed by atoms with Gasteiger partial charge in [0.2, 0.25) is 0 Å². The molecule has 0 radical (unpaired) electrons. The van der Waals surface area contributed by atoms with E-state index in [-0.39, 0.29) is 6.10 Å². The summed E-state index contributed by atoms with van der Waals surface area (Å²) in [5, 5.41) is 9.93. The number of likely N-dealkylation sites (N-methyl/N-ethyl adjacent to an activating group) is 1. The molecular formula is C12H25NO. The molecule has 84 valence electrons. The zero-order valence-electron chi connectivity index (χ0n) is 10.0. The van der Waals surface area contributed by atoms with Crippen LogP contribution in [0.3, 0.4) is 0 Å². The Kier molecular flexibility index (Phi) is 4.39. The van der Waals surface area contributed by atoms with Crippen molar-refractivity contribution in [3.8, 4) is 0 Å². The van der Waals surface area contributed by atoms with Gasteiger partial charge in [-0.1, -0.05) is 26.7 Å². The minimum Gasteiger partial charge on any atom is -0.391 e. The SMILES string of the molecule is CC(C)C(C)N(C)C1CCCCC1O. The smallest absolute Gasteiger partial charge is 0.0695 e. The lowest BCUT2D eigenvalue weighted by atomic mass is 9.89. The van der Waals surface area contributed by atoms with Gasteiger partial charge in [0.25, 0.3) is 0 Å². The van der Waals surface area contributed by atoms with Crippen LogP contribution in [0.4, 0.5) is 0 Å². The average molecular weight is 199 g/mol. The van der Waals surface area contributed by atoms with Crippen LogP contribution in [0.1, 0.15) is 46.5 Å². The Morgan fingerprint density at radius 1 is 1.14 bits per heavy atom. The standard InChI is InChI=1S/C12H25NO/c1-9(2)10(3)13(4)11-7-5-6-8-12(11)14/h9-12,14H,5-8H2,1-4H3. The first-order chi connectivity index (χ1) is 6.54. The van der Waals surface area contributed by atoms with Crippen LogP contribution >= 0.6 is 0 Å². The molecule has 3 unspecified atom stereocenters. The molecule has 2 heteroatoms. The van der Waals surface area contributed by atoms with Crippen molar-refractivity contribution in [1.29, 1.82) is 0 Å². The number of rotatable bonds is 3. The van der Waals surface area contributed by atoms with Crippen molar-refractivity contribution in [1.82, 2.24) is 4.90 Å². The summed E-state index contributed by atoms with van der Waals surface area (Å²) in [6.45, 7) is 6.75. The van der Waals surface area contributed by atoms with Gasteiger partial charge in [-0.05, 0) is 32.7 Å². The lowest BCUT2D eigenvalue weighted by Crippen LogP contribution is -2.48. The maximum atomic E-state index is 9.93. The van der Waals surface area contributed by atoms with Crippen molar-refractivity contribution < 1.29 is 5.11 Å². The molecule has 0 aromatic carbocycles. The van der Waals surface area contributed by atoms with Crippen LogP contribution in [-0.2, 0) is 0 Å². The van der Waals surface area contributed by atoms with E-state index in [0.29, 0.717) is 18.0 Å². The van der Waals surface area contributed by atoms with E-state index in [0.717, 1.165) is 12.8 Å². The Labute approximate surface area is 88.3 Å². The highest BCUT2D eigenvalue weighted by atomic mass is 16.3. The van der Waals surface area contributed by atoms with E-state index in [2.05, 4.69) is 32.7 Å². The highest BCUT2D eigenvalue weighted by Gasteiger charge is 2.29. The van der Waals surface area contributed by atoms with Crippen LogP contribution in [0, 0.1) is 5.92 Å². The summed E-state index contributed by atoms with van der Waals surface area (Å²) in [5.74, 6) is 0.661. The number of aliphatic hydroxyl groups excluding tert-OH is 1. The first-order valence-corrected chi connectivity index (χ1v) is 5.94. The minimum atomic E-state index is -0.102. The molecule has 2 nitrogen and oxygen atoms in total. The van der Waals surface area contributed by atoms with Crippen molar-refractivity contribution >= 4 is 0 Å². The molecule has 14 heavy (non-hydrogen) atoms. The van der Waals surface area contributed by atoms with Crippen LogP contribution in [-0.4, -0.2) is 35.2 Å². The quantitative estimate of drug-likeness (QED) is 0.753. The summed E-state index contributed by atoms with van der Waals surface area (Å²) < 4.78 is 0. The van der Waals surface area contributed by atoms with E-state index in [9.17, 15) is 5.11 Å². The van der Waals surface area contributed by atoms with Gasteiger partial charge in [0, 0.05) is 12.1 Å². The predicted molar refractivity (Wildman–Crippen MR) is 60.3 cm³/mol. The maximum absolute atomic E-state index is 9.93. The van der Waals surface area contributed by atoms with Crippen molar-refractivity contribution in [3.05, 3.63) is 0 Å². The van der Waals surface area contributed by atoms with Gasteiger partial charge in [0.1, 0.15) is 0 Å². The van der Waals surface area contributed by atoms with Crippen LogP contribution in [0.15, 0.2) is 0 Å². The van der Waals surface area contributed by atoms with E-state index in [4.69, 9.17) is 0 Å².